The minimum atomic E-state index is -0.305. The van der Waals surface area contributed by atoms with E-state index in [1.807, 2.05) is 12.2 Å². The van der Waals surface area contributed by atoms with Crippen molar-refractivity contribution in [2.75, 3.05) is 0 Å². The van der Waals surface area contributed by atoms with Crippen molar-refractivity contribution in [1.29, 1.82) is 0 Å². The van der Waals surface area contributed by atoms with E-state index in [-0.39, 0.29) is 23.7 Å². The summed E-state index contributed by atoms with van der Waals surface area (Å²) >= 11 is 0. The summed E-state index contributed by atoms with van der Waals surface area (Å²) in [5, 5.41) is 3.17. The van der Waals surface area contributed by atoms with Crippen molar-refractivity contribution >= 4 is 11.6 Å². The second kappa shape index (κ2) is 3.52. The third-order valence-corrected chi connectivity index (χ3v) is 3.43. The van der Waals surface area contributed by atoms with Crippen LogP contribution in [0.25, 0.3) is 0 Å². The zero-order valence-electron chi connectivity index (χ0n) is 8.90. The maximum atomic E-state index is 11.8. The highest BCUT2D eigenvalue weighted by Gasteiger charge is 2.36. The first-order chi connectivity index (χ1) is 7.75. The molecule has 1 N–H and O–H groups in total. The van der Waals surface area contributed by atoms with Crippen LogP contribution in [0.15, 0.2) is 35.5 Å². The smallest absolute Gasteiger partial charge is 0.177 e. The summed E-state index contributed by atoms with van der Waals surface area (Å²) in [6.07, 6.45) is 9.84. The number of carbonyl (C=O) groups excluding carboxylic acids is 2. The molecule has 3 aliphatic rings. The van der Waals surface area contributed by atoms with Crippen molar-refractivity contribution in [2.24, 2.45) is 0 Å². The van der Waals surface area contributed by atoms with E-state index in [9.17, 15) is 9.59 Å². The molecule has 0 aromatic carbocycles. The molecule has 2 unspecified atom stereocenters. The number of rotatable bonds is 0. The first kappa shape index (κ1) is 9.73. The van der Waals surface area contributed by atoms with Gasteiger partial charge in [-0.05, 0) is 30.1 Å². The third kappa shape index (κ3) is 1.39. The Balaban J connectivity index is 2.01. The van der Waals surface area contributed by atoms with Gasteiger partial charge < -0.3 is 0 Å². The second-order valence-electron chi connectivity index (χ2n) is 4.50. The lowest BCUT2D eigenvalue weighted by Crippen LogP contribution is -2.52. The van der Waals surface area contributed by atoms with Crippen LogP contribution in [-0.4, -0.2) is 23.7 Å². The lowest BCUT2D eigenvalue weighted by Gasteiger charge is -2.34. The van der Waals surface area contributed by atoms with E-state index < -0.39 is 0 Å². The Morgan fingerprint density at radius 1 is 1.19 bits per heavy atom. The molecule has 3 nitrogen and oxygen atoms in total. The molecule has 0 spiro atoms. The minimum Gasteiger partial charge on any atom is -0.298 e. The molecule has 0 bridgehead atoms. The van der Waals surface area contributed by atoms with E-state index in [1.54, 1.807) is 12.2 Å². The van der Waals surface area contributed by atoms with Crippen LogP contribution >= 0.6 is 0 Å². The van der Waals surface area contributed by atoms with Gasteiger partial charge in [0.15, 0.2) is 11.6 Å². The highest BCUT2D eigenvalue weighted by molar-refractivity contribution is 6.00. The molecule has 2 atom stereocenters. The molecular weight excluding hydrogens is 202 g/mol. The Labute approximate surface area is 93.9 Å². The van der Waals surface area contributed by atoms with Crippen LogP contribution in [0.3, 0.4) is 0 Å². The molecule has 0 aromatic heterocycles. The molecule has 1 saturated carbocycles. The number of hydrogen-bond donors (Lipinski definition) is 1. The van der Waals surface area contributed by atoms with Gasteiger partial charge in [-0.1, -0.05) is 18.2 Å². The van der Waals surface area contributed by atoms with Gasteiger partial charge in [-0.15, -0.1) is 0 Å². The third-order valence-electron chi connectivity index (χ3n) is 3.43. The summed E-state index contributed by atoms with van der Waals surface area (Å²) in [5.41, 5.74) is 2.13. The lowest BCUT2D eigenvalue weighted by atomic mass is 9.81. The first-order valence-corrected chi connectivity index (χ1v) is 5.67. The molecule has 1 heterocycles. The van der Waals surface area contributed by atoms with E-state index >= 15 is 0 Å². The number of ketones is 2. The SMILES string of the molecule is O=C1C=CC=C2C=C3CCCC(=O)C3NC12. The number of hydrogen-bond acceptors (Lipinski definition) is 3. The monoisotopic (exact) mass is 215 g/mol. The topological polar surface area (TPSA) is 46.2 Å². The predicted octanol–water partition coefficient (Wildman–Crippen LogP) is 1.07. The van der Waals surface area contributed by atoms with Crippen molar-refractivity contribution < 1.29 is 9.59 Å². The minimum absolute atomic E-state index is 0.0474. The van der Waals surface area contributed by atoms with Gasteiger partial charge in [-0.25, -0.2) is 0 Å². The van der Waals surface area contributed by atoms with Crippen molar-refractivity contribution in [3.05, 3.63) is 35.5 Å². The Morgan fingerprint density at radius 3 is 2.94 bits per heavy atom. The van der Waals surface area contributed by atoms with E-state index in [0.717, 1.165) is 24.0 Å². The van der Waals surface area contributed by atoms with Gasteiger partial charge in [0.1, 0.15) is 0 Å². The van der Waals surface area contributed by atoms with Gasteiger partial charge in [0.2, 0.25) is 0 Å². The molecule has 0 amide bonds. The highest BCUT2D eigenvalue weighted by atomic mass is 16.1. The maximum Gasteiger partial charge on any atom is 0.177 e. The van der Waals surface area contributed by atoms with E-state index in [2.05, 4.69) is 5.32 Å². The van der Waals surface area contributed by atoms with Crippen molar-refractivity contribution in [1.82, 2.24) is 5.32 Å². The summed E-state index contributed by atoms with van der Waals surface area (Å²) in [6, 6.07) is -0.521. The molecule has 0 saturated heterocycles. The molecule has 1 aliphatic heterocycles. The molecule has 82 valence electrons. The summed E-state index contributed by atoms with van der Waals surface area (Å²) in [4.78, 5) is 23.4. The number of fused-ring (bicyclic) bond motifs is 2. The van der Waals surface area contributed by atoms with Crippen LogP contribution in [0.1, 0.15) is 19.3 Å². The number of allylic oxidation sites excluding steroid dienone is 2. The van der Waals surface area contributed by atoms with Crippen LogP contribution in [-0.2, 0) is 9.59 Å². The Kier molecular flexibility index (Phi) is 2.14. The summed E-state index contributed by atoms with van der Waals surface area (Å²) < 4.78 is 0. The predicted molar refractivity (Wildman–Crippen MR) is 59.9 cm³/mol. The van der Waals surface area contributed by atoms with E-state index in [4.69, 9.17) is 0 Å². The molecule has 3 rings (SSSR count). The molecule has 0 radical (unpaired) electrons. The van der Waals surface area contributed by atoms with Gasteiger partial charge in [0.25, 0.3) is 0 Å². The van der Waals surface area contributed by atoms with Crippen LogP contribution in [0.4, 0.5) is 0 Å². The first-order valence-electron chi connectivity index (χ1n) is 5.67. The fourth-order valence-electron chi connectivity index (χ4n) is 2.62. The molecule has 2 aliphatic carbocycles. The summed E-state index contributed by atoms with van der Waals surface area (Å²) in [6.45, 7) is 0. The van der Waals surface area contributed by atoms with Gasteiger partial charge in [-0.3, -0.25) is 14.9 Å². The largest absolute Gasteiger partial charge is 0.298 e. The van der Waals surface area contributed by atoms with Gasteiger partial charge in [0, 0.05) is 6.42 Å². The number of Topliss-reactive ketones (excluding diaryl/α,β-unsaturated/α-hetero) is 1. The van der Waals surface area contributed by atoms with Gasteiger partial charge >= 0.3 is 0 Å². The second-order valence-corrected chi connectivity index (χ2v) is 4.50. The van der Waals surface area contributed by atoms with E-state index in [0.29, 0.717) is 6.42 Å². The van der Waals surface area contributed by atoms with Crippen LogP contribution in [0, 0.1) is 0 Å². The zero-order chi connectivity index (χ0) is 11.1. The fraction of sp³-hybridized carbons (Fsp3) is 0.385. The molecular formula is C13H13NO2. The van der Waals surface area contributed by atoms with Gasteiger partial charge in [-0.2, -0.15) is 0 Å². The van der Waals surface area contributed by atoms with Crippen molar-refractivity contribution in [3.8, 4) is 0 Å². The van der Waals surface area contributed by atoms with Gasteiger partial charge in [0.05, 0.1) is 12.1 Å². The zero-order valence-corrected chi connectivity index (χ0v) is 8.90. The Bertz CT molecular complexity index is 457. The van der Waals surface area contributed by atoms with E-state index in [1.165, 1.54) is 0 Å². The quantitative estimate of drug-likeness (QED) is 0.657. The van der Waals surface area contributed by atoms with Crippen molar-refractivity contribution in [2.45, 2.75) is 31.3 Å². The molecule has 1 fully saturated rings. The molecule has 0 aromatic rings. The maximum absolute atomic E-state index is 11.8. The van der Waals surface area contributed by atoms with Crippen LogP contribution in [0.2, 0.25) is 0 Å². The Hall–Kier alpha value is -1.48. The average molecular weight is 215 g/mol. The fourth-order valence-corrected chi connectivity index (χ4v) is 2.62. The molecule has 16 heavy (non-hydrogen) atoms. The highest BCUT2D eigenvalue weighted by Crippen LogP contribution is 2.29. The standard InChI is InChI=1S/C13H13NO2/c15-10-5-1-3-8-7-9-4-2-6-11(16)13(9)14-12(8)10/h1,3,5,7,12-14H,2,4,6H2. The van der Waals surface area contributed by atoms with Crippen molar-refractivity contribution in [3.63, 3.8) is 0 Å². The van der Waals surface area contributed by atoms with Crippen LogP contribution in [0.5, 0.6) is 0 Å². The lowest BCUT2D eigenvalue weighted by molar-refractivity contribution is -0.122. The number of carbonyl (C=O) groups is 2. The summed E-state index contributed by atoms with van der Waals surface area (Å²) in [5.74, 6) is 0.269. The Morgan fingerprint density at radius 2 is 2.06 bits per heavy atom. The summed E-state index contributed by atoms with van der Waals surface area (Å²) in [7, 11) is 0. The normalized spacial score (nSPS) is 32.8. The molecule has 3 heteroatoms. The number of nitrogens with one attached hydrogen (secondary N) is 1. The average Bonchev–Trinajstić information content (AvgIpc) is 2.28. The van der Waals surface area contributed by atoms with Crippen LogP contribution < -0.4 is 5.32 Å².